The highest BCUT2D eigenvalue weighted by atomic mass is 14.9. The number of rotatable bonds is 0. The van der Waals surface area contributed by atoms with E-state index in [0.29, 0.717) is 6.04 Å². The van der Waals surface area contributed by atoms with Crippen LogP contribution in [0.15, 0.2) is 17.1 Å². The third-order valence-electron chi connectivity index (χ3n) is 2.65. The topological polar surface area (TPSA) is 12.4 Å². The van der Waals surface area contributed by atoms with Crippen LogP contribution in [0.3, 0.4) is 0 Å². The molecule has 0 aliphatic carbocycles. The molecule has 1 nitrogen and oxygen atoms in total. The van der Waals surface area contributed by atoms with Gasteiger partial charge in [-0.2, -0.15) is 0 Å². The van der Waals surface area contributed by atoms with Crippen LogP contribution in [0.4, 0.5) is 0 Å². The molecule has 1 heterocycles. The Hall–Kier alpha value is -0.590. The summed E-state index contributed by atoms with van der Waals surface area (Å²) in [5.41, 5.74) is 2.50. The predicted octanol–water partition coefficient (Wildman–Crippen LogP) is 2.43. The summed E-state index contributed by atoms with van der Waals surface area (Å²) in [6.45, 7) is 12.6. The highest BCUT2D eigenvalue weighted by Gasteiger charge is 2.34. The molecule has 0 N–H and O–H groups in total. The maximum atomic E-state index is 4.44. The third kappa shape index (κ3) is 0.808. The summed E-state index contributed by atoms with van der Waals surface area (Å²) in [6, 6.07) is 0.403. The Bertz CT molecular complexity index is 199. The van der Waals surface area contributed by atoms with Crippen LogP contribution < -0.4 is 0 Å². The highest BCUT2D eigenvalue weighted by Crippen LogP contribution is 2.37. The molecule has 1 atom stereocenters. The normalized spacial score (nSPS) is 30.6. The van der Waals surface area contributed by atoms with Crippen molar-refractivity contribution in [2.45, 2.75) is 33.7 Å². The second-order valence-corrected chi connectivity index (χ2v) is 3.59. The Balaban J connectivity index is 2.98. The number of aliphatic imine (C=N–C) groups is 1. The fourth-order valence-electron chi connectivity index (χ4n) is 1.25. The van der Waals surface area contributed by atoms with Crippen LogP contribution >= 0.6 is 0 Å². The van der Waals surface area contributed by atoms with Crippen molar-refractivity contribution in [1.29, 1.82) is 0 Å². The van der Waals surface area contributed by atoms with Crippen molar-refractivity contribution in [2.24, 2.45) is 10.4 Å². The van der Waals surface area contributed by atoms with E-state index in [0.717, 1.165) is 5.71 Å². The molecule has 0 fully saturated rings. The minimum Gasteiger partial charge on any atom is -0.286 e. The first-order valence-corrected chi connectivity index (χ1v) is 3.70. The van der Waals surface area contributed by atoms with Gasteiger partial charge in [-0.15, -0.1) is 0 Å². The van der Waals surface area contributed by atoms with Crippen LogP contribution in [-0.4, -0.2) is 11.8 Å². The van der Waals surface area contributed by atoms with Gasteiger partial charge in [-0.1, -0.05) is 20.4 Å². The molecule has 10 heavy (non-hydrogen) atoms. The third-order valence-corrected chi connectivity index (χ3v) is 2.65. The van der Waals surface area contributed by atoms with Crippen LogP contribution in [0.2, 0.25) is 0 Å². The lowest BCUT2D eigenvalue weighted by Crippen LogP contribution is -2.22. The van der Waals surface area contributed by atoms with E-state index >= 15 is 0 Å². The Morgan fingerprint density at radius 3 is 2.10 bits per heavy atom. The molecule has 56 valence electrons. The summed E-state index contributed by atoms with van der Waals surface area (Å²) < 4.78 is 0. The SMILES string of the molecule is C=C1C(C)=NC(C)C1(C)C. The van der Waals surface area contributed by atoms with E-state index < -0.39 is 0 Å². The van der Waals surface area contributed by atoms with Gasteiger partial charge in [0.15, 0.2) is 0 Å². The smallest absolute Gasteiger partial charge is 0.0566 e. The Kier molecular flexibility index (Phi) is 1.46. The van der Waals surface area contributed by atoms with Crippen LogP contribution in [0, 0.1) is 5.41 Å². The maximum absolute atomic E-state index is 4.44. The van der Waals surface area contributed by atoms with Gasteiger partial charge in [0.2, 0.25) is 0 Å². The summed E-state index contributed by atoms with van der Waals surface area (Å²) in [6.07, 6.45) is 0. The monoisotopic (exact) mass is 137 g/mol. The van der Waals surface area contributed by atoms with Crippen molar-refractivity contribution < 1.29 is 0 Å². The molecule has 0 saturated carbocycles. The minimum absolute atomic E-state index is 0.185. The second kappa shape index (κ2) is 1.94. The molecule has 0 saturated heterocycles. The zero-order chi connectivity index (χ0) is 7.94. The van der Waals surface area contributed by atoms with Gasteiger partial charge in [-0.3, -0.25) is 4.99 Å². The zero-order valence-electron chi connectivity index (χ0n) is 7.23. The second-order valence-electron chi connectivity index (χ2n) is 3.59. The number of hydrogen-bond donors (Lipinski definition) is 0. The molecule has 0 radical (unpaired) electrons. The molecule has 1 unspecified atom stereocenters. The van der Waals surface area contributed by atoms with Gasteiger partial charge in [-0.05, 0) is 19.4 Å². The fourth-order valence-corrected chi connectivity index (χ4v) is 1.25. The molecule has 0 spiro atoms. The van der Waals surface area contributed by atoms with E-state index in [1.807, 2.05) is 6.92 Å². The standard InChI is InChI=1S/C9H15N/c1-6-7(2)10-8(3)9(6,4)5/h8H,1H2,2-5H3. The molecule has 0 bridgehead atoms. The molecule has 1 aliphatic rings. The molecule has 0 aromatic carbocycles. The molecular formula is C9H15N. The van der Waals surface area contributed by atoms with Gasteiger partial charge in [0.05, 0.1) is 6.04 Å². The van der Waals surface area contributed by atoms with Crippen LogP contribution in [0.1, 0.15) is 27.7 Å². The van der Waals surface area contributed by atoms with E-state index in [9.17, 15) is 0 Å². The van der Waals surface area contributed by atoms with Gasteiger partial charge < -0.3 is 0 Å². The number of hydrogen-bond acceptors (Lipinski definition) is 1. The summed E-state index contributed by atoms with van der Waals surface area (Å²) in [5.74, 6) is 0. The summed E-state index contributed by atoms with van der Waals surface area (Å²) >= 11 is 0. The lowest BCUT2D eigenvalue weighted by Gasteiger charge is -2.23. The number of nitrogens with zero attached hydrogens (tertiary/aromatic N) is 1. The average molecular weight is 137 g/mol. The summed E-state index contributed by atoms with van der Waals surface area (Å²) in [4.78, 5) is 4.44. The molecule has 0 amide bonds. The molecule has 0 aromatic heterocycles. The Labute approximate surface area is 62.9 Å². The lowest BCUT2D eigenvalue weighted by molar-refractivity contribution is 0.404. The summed E-state index contributed by atoms with van der Waals surface area (Å²) in [5, 5.41) is 0. The lowest BCUT2D eigenvalue weighted by atomic mass is 9.80. The predicted molar refractivity (Wildman–Crippen MR) is 45.5 cm³/mol. The van der Waals surface area contributed by atoms with E-state index in [1.165, 1.54) is 5.57 Å². The van der Waals surface area contributed by atoms with Gasteiger partial charge in [0.25, 0.3) is 0 Å². The first-order chi connectivity index (χ1) is 4.46. The van der Waals surface area contributed by atoms with E-state index in [2.05, 4.69) is 32.3 Å². The Morgan fingerprint density at radius 1 is 1.50 bits per heavy atom. The molecule has 1 heteroatoms. The van der Waals surface area contributed by atoms with Gasteiger partial charge >= 0.3 is 0 Å². The van der Waals surface area contributed by atoms with Gasteiger partial charge in [0, 0.05) is 11.1 Å². The van der Waals surface area contributed by atoms with Crippen LogP contribution in [-0.2, 0) is 0 Å². The minimum atomic E-state index is 0.185. The molecule has 1 aliphatic heterocycles. The summed E-state index contributed by atoms with van der Waals surface area (Å²) in [7, 11) is 0. The van der Waals surface area contributed by atoms with Gasteiger partial charge in [-0.25, -0.2) is 0 Å². The quantitative estimate of drug-likeness (QED) is 0.486. The van der Waals surface area contributed by atoms with Crippen LogP contribution in [0.25, 0.3) is 0 Å². The highest BCUT2D eigenvalue weighted by molar-refractivity contribution is 6.00. The first-order valence-electron chi connectivity index (χ1n) is 3.70. The van der Waals surface area contributed by atoms with Crippen LogP contribution in [0.5, 0.6) is 0 Å². The molecule has 0 aromatic rings. The van der Waals surface area contributed by atoms with Gasteiger partial charge in [0.1, 0.15) is 0 Å². The van der Waals surface area contributed by atoms with E-state index in [4.69, 9.17) is 0 Å². The maximum Gasteiger partial charge on any atom is 0.0566 e. The van der Waals surface area contributed by atoms with E-state index in [-0.39, 0.29) is 5.41 Å². The van der Waals surface area contributed by atoms with Crippen molar-refractivity contribution in [3.8, 4) is 0 Å². The fraction of sp³-hybridized carbons (Fsp3) is 0.667. The molecule has 1 rings (SSSR count). The Morgan fingerprint density at radius 2 is 2.00 bits per heavy atom. The largest absolute Gasteiger partial charge is 0.286 e. The first kappa shape index (κ1) is 7.52. The van der Waals surface area contributed by atoms with Crippen molar-refractivity contribution in [3.63, 3.8) is 0 Å². The van der Waals surface area contributed by atoms with E-state index in [1.54, 1.807) is 0 Å². The van der Waals surface area contributed by atoms with Crippen molar-refractivity contribution in [3.05, 3.63) is 12.2 Å². The average Bonchev–Trinajstić information content (AvgIpc) is 1.97. The molecular weight excluding hydrogens is 122 g/mol. The van der Waals surface area contributed by atoms with Crippen molar-refractivity contribution in [1.82, 2.24) is 0 Å². The zero-order valence-corrected chi connectivity index (χ0v) is 7.23. The van der Waals surface area contributed by atoms with Crippen molar-refractivity contribution in [2.75, 3.05) is 0 Å². The van der Waals surface area contributed by atoms with Crippen molar-refractivity contribution >= 4 is 5.71 Å².